The summed E-state index contributed by atoms with van der Waals surface area (Å²) in [6.45, 7) is 1.90. The Bertz CT molecular complexity index is 593. The van der Waals surface area contributed by atoms with Crippen molar-refractivity contribution >= 4 is 22.9 Å². The third-order valence-electron chi connectivity index (χ3n) is 2.55. The van der Waals surface area contributed by atoms with E-state index in [1.54, 1.807) is 6.21 Å². The van der Waals surface area contributed by atoms with Crippen LogP contribution in [0, 0.1) is 0 Å². The quantitative estimate of drug-likeness (QED) is 0.660. The summed E-state index contributed by atoms with van der Waals surface area (Å²) in [5, 5.41) is 5.98. The first-order valence-electron chi connectivity index (χ1n) is 6.21. The van der Waals surface area contributed by atoms with E-state index in [1.807, 2.05) is 49.4 Å². The van der Waals surface area contributed by atoms with Gasteiger partial charge in [-0.3, -0.25) is 4.79 Å². The second-order valence-electron chi connectivity index (χ2n) is 4.05. The molecule has 98 valence electrons. The van der Waals surface area contributed by atoms with Gasteiger partial charge in [0.2, 0.25) is 0 Å². The molecule has 0 spiro atoms. The third kappa shape index (κ3) is 3.81. The van der Waals surface area contributed by atoms with Crippen molar-refractivity contribution in [1.82, 2.24) is 5.43 Å². The first-order valence-corrected chi connectivity index (χ1v) is 6.21. The minimum absolute atomic E-state index is 0.0423. The molecule has 0 saturated heterocycles. The topological polar surface area (TPSA) is 50.7 Å². The number of carbonyl (C=O) groups is 1. The van der Waals surface area contributed by atoms with Gasteiger partial charge in [0.15, 0.2) is 6.61 Å². The Morgan fingerprint density at radius 3 is 2.84 bits per heavy atom. The molecular formula is C15H16N2O2. The summed E-state index contributed by atoms with van der Waals surface area (Å²) in [6.07, 6.45) is 2.42. The molecule has 4 heteroatoms. The fourth-order valence-corrected chi connectivity index (χ4v) is 1.65. The molecule has 0 unspecified atom stereocenters. The van der Waals surface area contributed by atoms with Gasteiger partial charge in [-0.05, 0) is 29.3 Å². The first-order chi connectivity index (χ1) is 9.29. The highest BCUT2D eigenvalue weighted by Crippen LogP contribution is 2.20. The molecule has 4 nitrogen and oxygen atoms in total. The molecule has 2 rings (SSSR count). The van der Waals surface area contributed by atoms with E-state index in [0.717, 1.165) is 17.2 Å². The van der Waals surface area contributed by atoms with Crippen LogP contribution in [0.4, 0.5) is 0 Å². The molecule has 2 aromatic rings. The molecular weight excluding hydrogens is 240 g/mol. The normalized spacial score (nSPS) is 10.8. The van der Waals surface area contributed by atoms with Crippen LogP contribution in [0.25, 0.3) is 10.8 Å². The Kier molecular flexibility index (Phi) is 4.50. The Labute approximate surface area is 112 Å². The standard InChI is InChI=1S/C15H16N2O2/c1-2-9-16-17-15(18)11-19-14-8-7-12-5-3-4-6-13(12)10-14/h3-10H,2,11H2,1H3,(H,17,18). The van der Waals surface area contributed by atoms with Gasteiger partial charge in [0.25, 0.3) is 5.91 Å². The number of ether oxygens (including phenoxy) is 1. The van der Waals surface area contributed by atoms with Crippen molar-refractivity contribution in [3.8, 4) is 5.75 Å². The number of amides is 1. The van der Waals surface area contributed by atoms with Crippen molar-refractivity contribution in [3.05, 3.63) is 42.5 Å². The zero-order valence-electron chi connectivity index (χ0n) is 10.8. The van der Waals surface area contributed by atoms with E-state index in [1.165, 1.54) is 0 Å². The van der Waals surface area contributed by atoms with Gasteiger partial charge in [-0.25, -0.2) is 5.43 Å². The zero-order valence-corrected chi connectivity index (χ0v) is 10.8. The van der Waals surface area contributed by atoms with Crippen molar-refractivity contribution in [3.63, 3.8) is 0 Å². The molecule has 0 aliphatic rings. The van der Waals surface area contributed by atoms with Crippen LogP contribution in [0.5, 0.6) is 5.75 Å². The number of hydrogen-bond acceptors (Lipinski definition) is 3. The monoisotopic (exact) mass is 256 g/mol. The van der Waals surface area contributed by atoms with Crippen LogP contribution in [0.1, 0.15) is 13.3 Å². The fourth-order valence-electron chi connectivity index (χ4n) is 1.65. The Morgan fingerprint density at radius 2 is 2.05 bits per heavy atom. The number of nitrogens with one attached hydrogen (secondary N) is 1. The van der Waals surface area contributed by atoms with E-state index in [2.05, 4.69) is 10.5 Å². The maximum absolute atomic E-state index is 11.4. The number of hydrogen-bond donors (Lipinski definition) is 1. The van der Waals surface area contributed by atoms with Gasteiger partial charge in [-0.1, -0.05) is 37.3 Å². The van der Waals surface area contributed by atoms with Gasteiger partial charge in [0.05, 0.1) is 0 Å². The maximum Gasteiger partial charge on any atom is 0.277 e. The number of hydrazone groups is 1. The lowest BCUT2D eigenvalue weighted by molar-refractivity contribution is -0.123. The second kappa shape index (κ2) is 6.54. The molecule has 0 bridgehead atoms. The van der Waals surface area contributed by atoms with E-state index in [9.17, 15) is 4.79 Å². The molecule has 19 heavy (non-hydrogen) atoms. The molecule has 0 aromatic heterocycles. The summed E-state index contributed by atoms with van der Waals surface area (Å²) >= 11 is 0. The summed E-state index contributed by atoms with van der Waals surface area (Å²) in [5.41, 5.74) is 2.40. The molecule has 0 fully saturated rings. The van der Waals surface area contributed by atoms with Crippen LogP contribution in [-0.4, -0.2) is 18.7 Å². The number of rotatable bonds is 5. The molecule has 1 N–H and O–H groups in total. The average Bonchev–Trinajstić information content (AvgIpc) is 2.45. The molecule has 0 radical (unpaired) electrons. The summed E-state index contributed by atoms with van der Waals surface area (Å²) in [5.74, 6) is 0.408. The highest BCUT2D eigenvalue weighted by atomic mass is 16.5. The number of benzene rings is 2. The molecule has 2 aromatic carbocycles. The lowest BCUT2D eigenvalue weighted by Gasteiger charge is -2.06. The highest BCUT2D eigenvalue weighted by Gasteiger charge is 2.02. The van der Waals surface area contributed by atoms with Crippen LogP contribution in [0.2, 0.25) is 0 Å². The largest absolute Gasteiger partial charge is 0.484 e. The van der Waals surface area contributed by atoms with E-state index in [-0.39, 0.29) is 12.5 Å². The first kappa shape index (κ1) is 13.1. The Hall–Kier alpha value is -2.36. The lowest BCUT2D eigenvalue weighted by Crippen LogP contribution is -2.24. The minimum atomic E-state index is -0.266. The predicted octanol–water partition coefficient (Wildman–Crippen LogP) is 2.73. The van der Waals surface area contributed by atoms with E-state index >= 15 is 0 Å². The number of nitrogens with zero attached hydrogens (tertiary/aromatic N) is 1. The number of carbonyl (C=O) groups excluding carboxylic acids is 1. The summed E-state index contributed by atoms with van der Waals surface area (Å²) in [7, 11) is 0. The highest BCUT2D eigenvalue weighted by molar-refractivity contribution is 5.84. The third-order valence-corrected chi connectivity index (χ3v) is 2.55. The van der Waals surface area contributed by atoms with Gasteiger partial charge < -0.3 is 4.74 Å². The minimum Gasteiger partial charge on any atom is -0.484 e. The zero-order chi connectivity index (χ0) is 13.5. The van der Waals surface area contributed by atoms with Gasteiger partial charge in [-0.15, -0.1) is 0 Å². The lowest BCUT2D eigenvalue weighted by atomic mass is 10.1. The molecule has 1 amide bonds. The summed E-state index contributed by atoms with van der Waals surface area (Å²) in [4.78, 5) is 11.4. The van der Waals surface area contributed by atoms with Crippen LogP contribution in [0.3, 0.4) is 0 Å². The van der Waals surface area contributed by atoms with E-state index in [0.29, 0.717) is 5.75 Å². The molecule has 0 aliphatic carbocycles. The van der Waals surface area contributed by atoms with Crippen LogP contribution < -0.4 is 10.2 Å². The van der Waals surface area contributed by atoms with Crippen molar-refractivity contribution < 1.29 is 9.53 Å². The summed E-state index contributed by atoms with van der Waals surface area (Å²) in [6, 6.07) is 13.7. The fraction of sp³-hybridized carbons (Fsp3) is 0.200. The van der Waals surface area contributed by atoms with Crippen LogP contribution >= 0.6 is 0 Å². The second-order valence-corrected chi connectivity index (χ2v) is 4.05. The van der Waals surface area contributed by atoms with Crippen LogP contribution in [0.15, 0.2) is 47.6 Å². The van der Waals surface area contributed by atoms with Gasteiger partial charge in [-0.2, -0.15) is 5.10 Å². The maximum atomic E-state index is 11.4. The van der Waals surface area contributed by atoms with E-state index < -0.39 is 0 Å². The van der Waals surface area contributed by atoms with Crippen molar-refractivity contribution in [2.24, 2.45) is 5.10 Å². The predicted molar refractivity (Wildman–Crippen MR) is 76.4 cm³/mol. The molecule has 0 atom stereocenters. The van der Waals surface area contributed by atoms with Crippen LogP contribution in [-0.2, 0) is 4.79 Å². The molecule has 0 heterocycles. The Morgan fingerprint density at radius 1 is 1.26 bits per heavy atom. The van der Waals surface area contributed by atoms with Crippen molar-refractivity contribution in [1.29, 1.82) is 0 Å². The average molecular weight is 256 g/mol. The molecule has 0 saturated carbocycles. The summed E-state index contributed by atoms with van der Waals surface area (Å²) < 4.78 is 5.42. The SMILES string of the molecule is CCC=NNC(=O)COc1ccc2ccccc2c1. The van der Waals surface area contributed by atoms with Gasteiger partial charge in [0, 0.05) is 6.21 Å². The van der Waals surface area contributed by atoms with E-state index in [4.69, 9.17) is 4.74 Å². The molecule has 0 aliphatic heterocycles. The van der Waals surface area contributed by atoms with Crippen molar-refractivity contribution in [2.75, 3.05) is 6.61 Å². The Balaban J connectivity index is 1.94. The van der Waals surface area contributed by atoms with Gasteiger partial charge in [0.1, 0.15) is 5.75 Å². The van der Waals surface area contributed by atoms with Crippen molar-refractivity contribution in [2.45, 2.75) is 13.3 Å². The number of fused-ring (bicyclic) bond motifs is 1. The van der Waals surface area contributed by atoms with Gasteiger partial charge >= 0.3 is 0 Å². The smallest absolute Gasteiger partial charge is 0.277 e.